The molecule has 2 N–H and O–H groups in total. The molecule has 1 unspecified atom stereocenters. The number of hydrogen-bond acceptors (Lipinski definition) is 1. The third-order valence-electron chi connectivity index (χ3n) is 0.137. The second-order valence-corrected chi connectivity index (χ2v) is 5.74. The smallest absolute Gasteiger partial charge is 0.314 e. The van der Waals surface area contributed by atoms with Crippen molar-refractivity contribution in [2.24, 2.45) is 0 Å². The maximum absolute atomic E-state index is 9.64. The fourth-order valence-electron chi connectivity index (χ4n) is 0. The van der Waals surface area contributed by atoms with E-state index < -0.39 is 6.72 Å². The van der Waals surface area contributed by atoms with Gasteiger partial charge in [-0.05, 0) is 0 Å². The van der Waals surface area contributed by atoms with E-state index in [1.54, 1.807) is 0 Å². The van der Waals surface area contributed by atoms with Crippen molar-refractivity contribution in [3.63, 3.8) is 0 Å². The van der Waals surface area contributed by atoms with E-state index >= 15 is 0 Å². The van der Waals surface area contributed by atoms with Crippen molar-refractivity contribution in [3.05, 3.63) is 0 Å². The van der Waals surface area contributed by atoms with E-state index in [0.29, 0.717) is 10.6 Å². The molecule has 0 aromatic rings. The van der Waals surface area contributed by atoms with Crippen LogP contribution in [0.2, 0.25) is 0 Å². The first kappa shape index (κ1) is 6.96. The average molecular weight is 146 g/mol. The fraction of sp³-hybridized carbons (Fsp3) is 0. The summed E-state index contributed by atoms with van der Waals surface area (Å²) in [5.74, 6) is 0. The minimum absolute atomic E-state index is 0.465. The first-order chi connectivity index (χ1) is 2.56. The van der Waals surface area contributed by atoms with Crippen LogP contribution in [0.15, 0.2) is 0 Å². The molecule has 0 fully saturated rings. The molecule has 0 aromatic heterocycles. The van der Waals surface area contributed by atoms with Crippen LogP contribution in [0.5, 0.6) is 0 Å². The molecule has 0 spiro atoms. The Balaban J connectivity index is 3.79. The number of hydrogen-bond donors (Lipinski definition) is 2. The van der Waals surface area contributed by atoms with Gasteiger partial charge in [0.2, 0.25) is 10.6 Å². The van der Waals surface area contributed by atoms with Gasteiger partial charge in [-0.25, -0.2) is 0 Å². The zero-order valence-corrected chi connectivity index (χ0v) is 5.60. The summed E-state index contributed by atoms with van der Waals surface area (Å²) in [6.07, 6.45) is 0. The minimum atomic E-state index is -3.77. The van der Waals surface area contributed by atoms with Crippen LogP contribution in [-0.4, -0.2) is 9.79 Å². The molecule has 3 nitrogen and oxygen atoms in total. The quantitative estimate of drug-likeness (QED) is 0.336. The minimum Gasteiger partial charge on any atom is -0.742 e. The topological polar surface area (TPSA) is 63.5 Å². The predicted molar refractivity (Wildman–Crippen MR) is 28.4 cm³/mol. The molecular formula is H4O3P2S. The molecule has 0 saturated heterocycles. The maximum Gasteiger partial charge on any atom is 0.314 e. The Kier molecular flexibility index (Phi) is 2.68. The van der Waals surface area contributed by atoms with Gasteiger partial charge in [-0.15, -0.1) is 0 Å². The van der Waals surface area contributed by atoms with Crippen molar-refractivity contribution in [1.82, 2.24) is 0 Å². The van der Waals surface area contributed by atoms with Crippen LogP contribution in [-0.2, 0) is 10.6 Å². The molecule has 0 radical (unpaired) electrons. The molecule has 6 heteroatoms. The van der Waals surface area contributed by atoms with Gasteiger partial charge >= 0.3 is 6.72 Å². The zero-order chi connectivity index (χ0) is 5.21. The SMILES string of the molecule is [O-]P(O)(O)=[S+]P. The lowest BCUT2D eigenvalue weighted by Crippen LogP contribution is -1.95. The molecule has 0 bridgehead atoms. The van der Waals surface area contributed by atoms with Crippen LogP contribution in [0, 0.1) is 0 Å². The largest absolute Gasteiger partial charge is 0.742 e. The van der Waals surface area contributed by atoms with Gasteiger partial charge in [-0.1, -0.05) is 0 Å². The van der Waals surface area contributed by atoms with Crippen molar-refractivity contribution in [3.8, 4) is 0 Å². The van der Waals surface area contributed by atoms with Crippen LogP contribution in [0.3, 0.4) is 0 Å². The van der Waals surface area contributed by atoms with Crippen molar-refractivity contribution in [2.45, 2.75) is 0 Å². The normalized spacial score (nSPS) is 11.3. The van der Waals surface area contributed by atoms with Gasteiger partial charge in [0.25, 0.3) is 0 Å². The molecule has 0 aromatic carbocycles. The summed E-state index contributed by atoms with van der Waals surface area (Å²) in [5.41, 5.74) is 0. The van der Waals surface area contributed by atoms with Gasteiger partial charge < -0.3 is 14.7 Å². The first-order valence-electron chi connectivity index (χ1n) is 1.00. The monoisotopic (exact) mass is 146 g/mol. The Morgan fingerprint density at radius 2 is 1.83 bits per heavy atom. The lowest BCUT2D eigenvalue weighted by atomic mass is 15.8. The fourth-order valence-corrected chi connectivity index (χ4v) is 0. The molecule has 0 rings (SSSR count). The van der Waals surface area contributed by atoms with E-state index in [1.807, 2.05) is 8.44 Å². The Morgan fingerprint density at radius 3 is 1.83 bits per heavy atom. The average Bonchev–Trinajstić information content (AvgIpc) is 1.35. The van der Waals surface area contributed by atoms with Crippen LogP contribution in [0.25, 0.3) is 0 Å². The molecule has 0 amide bonds. The Labute approximate surface area is 41.2 Å². The highest BCUT2D eigenvalue weighted by atomic mass is 32.9. The van der Waals surface area contributed by atoms with Gasteiger partial charge in [0.05, 0.1) is 0 Å². The van der Waals surface area contributed by atoms with Crippen molar-refractivity contribution >= 4 is 25.7 Å². The standard InChI is InChI=1S/H4O3P2S/c1-5(2,3)6-4/h4H2,(H2-,1,2,3). The van der Waals surface area contributed by atoms with E-state index in [-0.39, 0.29) is 0 Å². The summed E-state index contributed by atoms with van der Waals surface area (Å²) in [4.78, 5) is 25.4. The lowest BCUT2D eigenvalue weighted by Gasteiger charge is -1.98. The highest BCUT2D eigenvalue weighted by Gasteiger charge is 1.97. The van der Waals surface area contributed by atoms with E-state index in [9.17, 15) is 4.89 Å². The molecular weight excluding hydrogens is 142 g/mol. The van der Waals surface area contributed by atoms with Crippen LogP contribution >= 0.6 is 15.2 Å². The highest BCUT2D eigenvalue weighted by Crippen LogP contribution is 2.26. The molecule has 1 atom stereocenters. The summed E-state index contributed by atoms with van der Waals surface area (Å²) in [6.45, 7) is -3.77. The van der Waals surface area contributed by atoms with Gasteiger partial charge in [0.1, 0.15) is 0 Å². The first-order valence-corrected chi connectivity index (χ1v) is 5.51. The molecule has 0 aliphatic rings. The van der Waals surface area contributed by atoms with Crippen molar-refractivity contribution < 1.29 is 14.7 Å². The summed E-state index contributed by atoms with van der Waals surface area (Å²) in [5, 5.41) is 0. The maximum atomic E-state index is 9.64. The molecule has 0 aliphatic heterocycles. The van der Waals surface area contributed by atoms with Gasteiger partial charge in [0.15, 0.2) is 8.44 Å². The van der Waals surface area contributed by atoms with E-state index in [1.165, 1.54) is 0 Å². The van der Waals surface area contributed by atoms with Crippen LogP contribution in [0.4, 0.5) is 0 Å². The van der Waals surface area contributed by atoms with Gasteiger partial charge in [-0.2, -0.15) is 0 Å². The Bertz CT molecular complexity index is 72.5. The van der Waals surface area contributed by atoms with Gasteiger partial charge in [-0.3, -0.25) is 0 Å². The Hall–Kier alpha value is 0.960. The lowest BCUT2D eigenvalue weighted by molar-refractivity contribution is -0.196. The second-order valence-electron chi connectivity index (χ2n) is 0.596. The van der Waals surface area contributed by atoms with Crippen LogP contribution in [0.1, 0.15) is 0 Å². The summed E-state index contributed by atoms with van der Waals surface area (Å²) in [6, 6.07) is 0. The summed E-state index contributed by atoms with van der Waals surface area (Å²) < 4.78 is 0. The molecule has 0 heterocycles. The van der Waals surface area contributed by atoms with Crippen molar-refractivity contribution in [2.75, 3.05) is 0 Å². The van der Waals surface area contributed by atoms with Crippen molar-refractivity contribution in [1.29, 1.82) is 0 Å². The summed E-state index contributed by atoms with van der Waals surface area (Å²) in [7, 11) is 2.34. The number of rotatable bonds is 0. The molecule has 0 aliphatic carbocycles. The third kappa shape index (κ3) is 4.96. The van der Waals surface area contributed by atoms with Crippen LogP contribution < -0.4 is 4.89 Å². The molecule has 0 saturated carbocycles. The predicted octanol–water partition coefficient (Wildman–Crippen LogP) is -1.12. The van der Waals surface area contributed by atoms with Gasteiger partial charge in [0, 0.05) is 0 Å². The summed E-state index contributed by atoms with van der Waals surface area (Å²) >= 11 is 0. The van der Waals surface area contributed by atoms with E-state index in [2.05, 4.69) is 0 Å². The molecule has 38 valence electrons. The Morgan fingerprint density at radius 1 is 1.67 bits per heavy atom. The molecule has 6 heavy (non-hydrogen) atoms. The highest BCUT2D eigenvalue weighted by molar-refractivity contribution is 8.45. The second kappa shape index (κ2) is 2.31. The van der Waals surface area contributed by atoms with E-state index in [4.69, 9.17) is 9.79 Å². The van der Waals surface area contributed by atoms with E-state index in [0.717, 1.165) is 0 Å². The third-order valence-corrected chi connectivity index (χ3v) is 3.71. The zero-order valence-electron chi connectivity index (χ0n) is 2.74.